The highest BCUT2D eigenvalue weighted by Gasteiger charge is 2.70. The van der Waals surface area contributed by atoms with Crippen LogP contribution in [0.1, 0.15) is 37.8 Å². The number of ether oxygens (including phenoxy) is 2. The van der Waals surface area contributed by atoms with Crippen LogP contribution >= 0.6 is 0 Å². The zero-order chi connectivity index (χ0) is 29.6. The van der Waals surface area contributed by atoms with E-state index in [9.17, 15) is 48.0 Å². The number of alkyl halides is 6. The van der Waals surface area contributed by atoms with E-state index >= 15 is 0 Å². The van der Waals surface area contributed by atoms with Crippen molar-refractivity contribution in [3.05, 3.63) is 54.6 Å². The molecule has 218 valence electrons. The molecule has 1 unspecified atom stereocenters. The molecular weight excluding hydrogens is 584 g/mol. The van der Waals surface area contributed by atoms with Crippen molar-refractivity contribution >= 4 is 31.9 Å². The minimum Gasteiger partial charge on any atom is -0.462 e. The maximum Gasteiger partial charge on any atom is 0.561 e. The lowest BCUT2D eigenvalue weighted by atomic mass is 10.2. The smallest absolute Gasteiger partial charge is 0.462 e. The molecule has 39 heavy (non-hydrogen) atoms. The standard InChI is InChI=1S/C21H25F6N3O7S2/c1-3-4-8-13-36-19(31)17(29-12-11-28(2)15-29)18(37-14-16-9-6-5-7-10-16)30(38(32,33)20(22,23)24)39(34,35)21(25,26)27/h5-7,9-12,15,17H,3-4,8,13-14H2,1-2H3/q+2. The molecule has 1 aromatic carbocycles. The third kappa shape index (κ3) is 7.49. The normalized spacial score (nSPS) is 13.5. The summed E-state index contributed by atoms with van der Waals surface area (Å²) < 4.78 is 141. The number of nitrogens with zero attached hydrogens (tertiary/aromatic N) is 3. The molecule has 0 aliphatic carbocycles. The third-order valence-corrected chi connectivity index (χ3v) is 8.55. The van der Waals surface area contributed by atoms with Crippen molar-refractivity contribution in [1.82, 2.24) is 4.57 Å². The van der Waals surface area contributed by atoms with Crippen molar-refractivity contribution in [2.45, 2.75) is 49.9 Å². The fourth-order valence-electron chi connectivity index (χ4n) is 3.09. The Balaban J connectivity index is 2.96. The number of aromatic nitrogens is 2. The van der Waals surface area contributed by atoms with Gasteiger partial charge in [0, 0.05) is 0 Å². The number of rotatable bonds is 11. The van der Waals surface area contributed by atoms with Crippen LogP contribution in [0.2, 0.25) is 0 Å². The molecule has 1 aromatic heterocycles. The molecule has 0 N–H and O–H groups in total. The molecule has 18 heteroatoms. The van der Waals surface area contributed by atoms with E-state index in [0.29, 0.717) is 17.4 Å². The second-order valence-electron chi connectivity index (χ2n) is 8.01. The van der Waals surface area contributed by atoms with Gasteiger partial charge in [-0.3, -0.25) is 0 Å². The van der Waals surface area contributed by atoms with Crippen LogP contribution in [-0.2, 0) is 48.0 Å². The van der Waals surface area contributed by atoms with Gasteiger partial charge in [0.1, 0.15) is 19.0 Å². The average molecular weight is 610 g/mol. The van der Waals surface area contributed by atoms with Crippen LogP contribution in [0.15, 0.2) is 49.1 Å². The summed E-state index contributed by atoms with van der Waals surface area (Å²) in [5.41, 5.74) is -13.0. The predicted octanol–water partition coefficient (Wildman–Crippen LogP) is 2.91. The second-order valence-corrected chi connectivity index (χ2v) is 11.8. The van der Waals surface area contributed by atoms with Gasteiger partial charge in [-0.05, 0) is 12.0 Å². The van der Waals surface area contributed by atoms with Gasteiger partial charge < -0.3 is 9.47 Å². The Hall–Kier alpha value is -3.15. The van der Waals surface area contributed by atoms with Crippen LogP contribution < -0.4 is 4.57 Å². The molecule has 0 aliphatic heterocycles. The zero-order valence-corrected chi connectivity index (χ0v) is 22.1. The van der Waals surface area contributed by atoms with Crippen LogP contribution in [0.5, 0.6) is 0 Å². The molecule has 0 saturated heterocycles. The van der Waals surface area contributed by atoms with E-state index in [1.54, 1.807) is 6.92 Å². The summed E-state index contributed by atoms with van der Waals surface area (Å²) in [6, 6.07) is 4.43. The highest BCUT2D eigenvalue weighted by Crippen LogP contribution is 2.34. The highest BCUT2D eigenvalue weighted by atomic mass is 32.3. The summed E-state index contributed by atoms with van der Waals surface area (Å²) in [7, 11) is -13.4. The third-order valence-electron chi connectivity index (χ3n) is 4.97. The number of benzene rings is 1. The van der Waals surface area contributed by atoms with Gasteiger partial charge in [-0.25, -0.2) is 13.9 Å². The van der Waals surface area contributed by atoms with Crippen molar-refractivity contribution in [3.8, 4) is 0 Å². The van der Waals surface area contributed by atoms with E-state index in [1.165, 1.54) is 48.1 Å². The molecule has 0 spiro atoms. The molecular formula is C21H25F6N3O7S2+2. The maximum atomic E-state index is 13.6. The van der Waals surface area contributed by atoms with Crippen LogP contribution in [0.4, 0.5) is 26.3 Å². The van der Waals surface area contributed by atoms with Crippen molar-refractivity contribution in [2.24, 2.45) is 7.05 Å². The monoisotopic (exact) mass is 609 g/mol. The molecule has 0 amide bonds. The number of esters is 1. The van der Waals surface area contributed by atoms with Gasteiger partial charge in [-0.1, -0.05) is 50.1 Å². The van der Waals surface area contributed by atoms with Crippen LogP contribution in [0.3, 0.4) is 0 Å². The quantitative estimate of drug-likeness (QED) is 0.0961. The Labute approximate surface area is 220 Å². The SMILES string of the molecule is CCCCCOC(=O)C(C(OCc1ccccc1)=[N+](S(=O)(=O)C(F)(F)F)S(=O)(=O)C(F)(F)F)n1cc[n+](C)c1. The lowest BCUT2D eigenvalue weighted by Gasteiger charge is -2.17. The summed E-state index contributed by atoms with van der Waals surface area (Å²) in [4.78, 5) is 13.1. The summed E-state index contributed by atoms with van der Waals surface area (Å²) in [6.45, 7) is 0.538. The molecule has 0 bridgehead atoms. The zero-order valence-electron chi connectivity index (χ0n) is 20.5. The second kappa shape index (κ2) is 12.4. The molecule has 0 aliphatic rings. The van der Waals surface area contributed by atoms with E-state index in [1.807, 2.05) is 0 Å². The Morgan fingerprint density at radius 1 is 0.974 bits per heavy atom. The number of carbonyl (C=O) groups is 1. The van der Waals surface area contributed by atoms with E-state index < -0.39 is 59.0 Å². The summed E-state index contributed by atoms with van der Waals surface area (Å²) in [6.07, 6.45) is 4.60. The first-order chi connectivity index (χ1) is 17.9. The lowest BCUT2D eigenvalue weighted by Crippen LogP contribution is -2.49. The largest absolute Gasteiger partial charge is 0.561 e. The van der Waals surface area contributed by atoms with Gasteiger partial charge in [0.05, 0.1) is 17.0 Å². The highest BCUT2D eigenvalue weighted by molar-refractivity contribution is 7.98. The Morgan fingerprint density at radius 3 is 2.00 bits per heavy atom. The van der Waals surface area contributed by atoms with E-state index in [4.69, 9.17) is 9.47 Å². The van der Waals surface area contributed by atoms with E-state index in [2.05, 4.69) is 0 Å². The summed E-state index contributed by atoms with van der Waals surface area (Å²) in [5.74, 6) is -3.57. The van der Waals surface area contributed by atoms with Gasteiger partial charge in [0.2, 0.25) is 6.33 Å². The van der Waals surface area contributed by atoms with Gasteiger partial charge in [-0.2, -0.15) is 43.2 Å². The van der Waals surface area contributed by atoms with Crippen LogP contribution in [-0.4, -0.2) is 54.3 Å². The fraction of sp³-hybridized carbons (Fsp3) is 0.476. The number of hydrogen-bond donors (Lipinski definition) is 0. The fourth-order valence-corrected chi connectivity index (χ4v) is 5.79. The lowest BCUT2D eigenvalue weighted by molar-refractivity contribution is -0.671. The van der Waals surface area contributed by atoms with Crippen LogP contribution in [0, 0.1) is 0 Å². The van der Waals surface area contributed by atoms with Gasteiger partial charge in [0.25, 0.3) is 0 Å². The topological polar surface area (TPSA) is 116 Å². The van der Waals surface area contributed by atoms with E-state index in [-0.39, 0.29) is 18.6 Å². The number of imidazole rings is 1. The maximum absolute atomic E-state index is 13.6. The van der Waals surface area contributed by atoms with Crippen molar-refractivity contribution < 1.29 is 65.4 Å². The van der Waals surface area contributed by atoms with E-state index in [0.717, 1.165) is 12.5 Å². The number of sulfonamides is 2. The van der Waals surface area contributed by atoms with Crippen molar-refractivity contribution in [2.75, 3.05) is 6.61 Å². The Morgan fingerprint density at radius 2 is 1.54 bits per heavy atom. The van der Waals surface area contributed by atoms with Gasteiger partial charge >= 0.3 is 49.0 Å². The first kappa shape index (κ1) is 32.1. The van der Waals surface area contributed by atoms with Crippen molar-refractivity contribution in [3.63, 3.8) is 0 Å². The Kier molecular flexibility index (Phi) is 10.2. The van der Waals surface area contributed by atoms with Gasteiger partial charge in [-0.15, -0.1) is 0 Å². The molecule has 10 nitrogen and oxygen atoms in total. The minimum absolute atomic E-state index is 0.0943. The predicted molar refractivity (Wildman–Crippen MR) is 122 cm³/mol. The number of unbranched alkanes of at least 4 members (excludes halogenated alkanes) is 2. The molecule has 1 heterocycles. The number of carbonyl (C=O) groups excluding carboxylic acids is 1. The molecule has 1 atom stereocenters. The molecule has 2 rings (SSSR count). The number of halogens is 6. The first-order valence-corrected chi connectivity index (χ1v) is 14.0. The summed E-state index contributed by atoms with van der Waals surface area (Å²) >= 11 is 0. The first-order valence-electron chi connectivity index (χ1n) is 11.1. The molecule has 0 fully saturated rings. The minimum atomic E-state index is -7.36. The molecule has 0 saturated carbocycles. The molecule has 2 aromatic rings. The van der Waals surface area contributed by atoms with Gasteiger partial charge in [0.15, 0.2) is 0 Å². The average Bonchev–Trinajstić information content (AvgIpc) is 3.24. The van der Waals surface area contributed by atoms with Crippen molar-refractivity contribution in [1.29, 1.82) is 0 Å². The summed E-state index contributed by atoms with van der Waals surface area (Å²) in [5, 5.41) is 0. The van der Waals surface area contributed by atoms with Crippen LogP contribution in [0.25, 0.3) is 0 Å². The number of aryl methyl sites for hydroxylation is 1. The Bertz CT molecular complexity index is 1340. The molecule has 0 radical (unpaired) electrons. The number of hydrogen-bond acceptors (Lipinski definition) is 7.